The number of Topliss-reactive ketones (excluding diaryl/α,β-unsaturated/α-hetero) is 1. The van der Waals surface area contributed by atoms with E-state index in [2.05, 4.69) is 5.32 Å². The van der Waals surface area contributed by atoms with Gasteiger partial charge < -0.3 is 19.7 Å². The lowest BCUT2D eigenvalue weighted by atomic mass is 9.88. The molecule has 0 radical (unpaired) electrons. The minimum atomic E-state index is -0.139. The summed E-state index contributed by atoms with van der Waals surface area (Å²) < 4.78 is 11.4. The zero-order valence-electron chi connectivity index (χ0n) is 18.2. The van der Waals surface area contributed by atoms with Gasteiger partial charge in [0.2, 0.25) is 11.8 Å². The topological polar surface area (TPSA) is 84.9 Å². The van der Waals surface area contributed by atoms with Crippen molar-refractivity contribution in [2.75, 3.05) is 26.7 Å². The Kier molecular flexibility index (Phi) is 6.60. The number of hydrogen-bond donors (Lipinski definition) is 1. The number of nitrogens with one attached hydrogen (secondary N) is 1. The van der Waals surface area contributed by atoms with Gasteiger partial charge in [-0.15, -0.1) is 0 Å². The van der Waals surface area contributed by atoms with Crippen LogP contribution in [0.5, 0.6) is 5.75 Å². The molecule has 1 aromatic rings. The summed E-state index contributed by atoms with van der Waals surface area (Å²) in [6.07, 6.45) is 6.11. The van der Waals surface area contributed by atoms with Gasteiger partial charge in [-0.3, -0.25) is 14.4 Å². The van der Waals surface area contributed by atoms with Crippen LogP contribution in [0.3, 0.4) is 0 Å². The summed E-state index contributed by atoms with van der Waals surface area (Å²) in [5, 5.41) is 2.92. The number of ketones is 1. The molecule has 3 aliphatic rings. The first-order valence-electron chi connectivity index (χ1n) is 11.4. The number of amides is 2. The van der Waals surface area contributed by atoms with Crippen LogP contribution in [0.25, 0.3) is 0 Å². The third-order valence-corrected chi connectivity index (χ3v) is 6.77. The van der Waals surface area contributed by atoms with E-state index in [0.717, 1.165) is 51.6 Å². The Morgan fingerprint density at radius 3 is 2.42 bits per heavy atom. The molecule has 1 spiro atoms. The molecule has 2 saturated heterocycles. The van der Waals surface area contributed by atoms with E-state index in [9.17, 15) is 14.4 Å². The lowest BCUT2D eigenvalue weighted by Gasteiger charge is -2.39. The number of carbonyl (C=O) groups excluding carboxylic acids is 3. The molecular weight excluding hydrogens is 396 g/mol. The van der Waals surface area contributed by atoms with Gasteiger partial charge in [-0.1, -0.05) is 0 Å². The number of rotatable bonds is 8. The second-order valence-corrected chi connectivity index (χ2v) is 9.02. The van der Waals surface area contributed by atoms with Crippen LogP contribution in [0.15, 0.2) is 24.3 Å². The fourth-order valence-corrected chi connectivity index (χ4v) is 4.59. The van der Waals surface area contributed by atoms with Crippen LogP contribution < -0.4 is 10.1 Å². The van der Waals surface area contributed by atoms with Crippen molar-refractivity contribution in [3.8, 4) is 5.75 Å². The molecule has 31 heavy (non-hydrogen) atoms. The molecule has 1 atom stereocenters. The second-order valence-electron chi connectivity index (χ2n) is 9.02. The average molecular weight is 429 g/mol. The molecule has 4 rings (SSSR count). The molecule has 2 aliphatic heterocycles. The van der Waals surface area contributed by atoms with E-state index in [0.29, 0.717) is 23.8 Å². The molecular formula is C24H32N2O5. The lowest BCUT2D eigenvalue weighted by Crippen LogP contribution is -2.47. The van der Waals surface area contributed by atoms with Crippen LogP contribution in [0.4, 0.5) is 0 Å². The zero-order valence-corrected chi connectivity index (χ0v) is 18.2. The first-order chi connectivity index (χ1) is 15.0. The third-order valence-electron chi connectivity index (χ3n) is 6.77. The van der Waals surface area contributed by atoms with Crippen LogP contribution in [-0.4, -0.2) is 60.9 Å². The van der Waals surface area contributed by atoms with E-state index in [1.807, 2.05) is 4.90 Å². The van der Waals surface area contributed by atoms with Gasteiger partial charge in [0, 0.05) is 44.0 Å². The molecule has 0 aromatic heterocycles. The van der Waals surface area contributed by atoms with E-state index in [-0.39, 0.29) is 42.2 Å². The predicted octanol–water partition coefficient (Wildman–Crippen LogP) is 2.72. The maximum atomic E-state index is 12.3. The molecule has 0 bridgehead atoms. The molecule has 2 amide bonds. The van der Waals surface area contributed by atoms with Crippen molar-refractivity contribution in [1.29, 1.82) is 0 Å². The average Bonchev–Trinajstić information content (AvgIpc) is 3.58. The highest BCUT2D eigenvalue weighted by molar-refractivity contribution is 5.98. The van der Waals surface area contributed by atoms with Gasteiger partial charge in [0.05, 0.1) is 18.8 Å². The summed E-state index contributed by atoms with van der Waals surface area (Å²) in [5.41, 5.74) is 0.446. The second kappa shape index (κ2) is 9.39. The van der Waals surface area contributed by atoms with E-state index in [4.69, 9.17) is 9.47 Å². The number of likely N-dealkylation sites (tertiary alicyclic amines) is 1. The van der Waals surface area contributed by atoms with Crippen molar-refractivity contribution in [1.82, 2.24) is 10.2 Å². The number of hydrogen-bond acceptors (Lipinski definition) is 5. The van der Waals surface area contributed by atoms with Crippen LogP contribution in [-0.2, 0) is 14.3 Å². The van der Waals surface area contributed by atoms with Crippen molar-refractivity contribution >= 4 is 17.6 Å². The van der Waals surface area contributed by atoms with E-state index >= 15 is 0 Å². The molecule has 7 nitrogen and oxygen atoms in total. The number of carbonyl (C=O) groups is 3. The van der Waals surface area contributed by atoms with E-state index in [1.165, 1.54) is 0 Å². The first-order valence-corrected chi connectivity index (χ1v) is 11.4. The maximum Gasteiger partial charge on any atom is 0.225 e. The van der Waals surface area contributed by atoms with Crippen LogP contribution in [0.2, 0.25) is 0 Å². The van der Waals surface area contributed by atoms with Crippen LogP contribution in [0, 0.1) is 5.92 Å². The Balaban J connectivity index is 1.15. The number of methoxy groups -OCH3 is 1. The van der Waals surface area contributed by atoms with Gasteiger partial charge in [0.25, 0.3) is 0 Å². The fourth-order valence-electron chi connectivity index (χ4n) is 4.59. The van der Waals surface area contributed by atoms with Crippen molar-refractivity contribution < 1.29 is 23.9 Å². The molecule has 0 unspecified atom stereocenters. The maximum absolute atomic E-state index is 12.3. The monoisotopic (exact) mass is 428 g/mol. The van der Waals surface area contributed by atoms with Gasteiger partial charge in [0.1, 0.15) is 5.75 Å². The normalized spacial score (nSPS) is 22.4. The number of benzene rings is 1. The molecule has 1 N–H and O–H groups in total. The number of nitrogens with zero attached hydrogens (tertiary/aromatic N) is 1. The van der Waals surface area contributed by atoms with Crippen molar-refractivity contribution in [3.05, 3.63) is 29.8 Å². The van der Waals surface area contributed by atoms with Gasteiger partial charge >= 0.3 is 0 Å². The number of ether oxygens (including phenoxy) is 2. The summed E-state index contributed by atoms with van der Waals surface area (Å²) in [6.45, 7) is 2.03. The van der Waals surface area contributed by atoms with Crippen molar-refractivity contribution in [3.63, 3.8) is 0 Å². The molecule has 1 aromatic carbocycles. The number of piperidine rings is 1. The van der Waals surface area contributed by atoms with Gasteiger partial charge in [-0.25, -0.2) is 0 Å². The van der Waals surface area contributed by atoms with E-state index < -0.39 is 0 Å². The zero-order chi connectivity index (χ0) is 21.8. The quantitative estimate of drug-likeness (QED) is 0.644. The highest BCUT2D eigenvalue weighted by Crippen LogP contribution is 2.40. The van der Waals surface area contributed by atoms with Gasteiger partial charge in [-0.2, -0.15) is 0 Å². The standard InChI is InChI=1S/C24H32N2O5/c1-30-19-6-4-17(5-7-19)21(27)8-9-22(28)25-16-20-10-11-24(31-20)12-14-26(15-13-24)23(29)18-2-3-18/h4-7,18,20H,2-3,8-16H2,1H3,(H,25,28)/t20-/m1/s1. The predicted molar refractivity (Wildman–Crippen MR) is 115 cm³/mol. The highest BCUT2D eigenvalue weighted by atomic mass is 16.5. The minimum Gasteiger partial charge on any atom is -0.497 e. The van der Waals surface area contributed by atoms with Gasteiger partial charge in [-0.05, 0) is 62.8 Å². The summed E-state index contributed by atoms with van der Waals surface area (Å²) >= 11 is 0. The molecule has 7 heteroatoms. The summed E-state index contributed by atoms with van der Waals surface area (Å²) in [6, 6.07) is 6.92. The van der Waals surface area contributed by atoms with Crippen molar-refractivity contribution in [2.45, 2.75) is 63.1 Å². The molecule has 168 valence electrons. The van der Waals surface area contributed by atoms with Crippen LogP contribution in [0.1, 0.15) is 61.7 Å². The molecule has 2 heterocycles. The minimum absolute atomic E-state index is 0.00641. The van der Waals surface area contributed by atoms with Crippen molar-refractivity contribution in [2.24, 2.45) is 5.92 Å². The Morgan fingerprint density at radius 1 is 1.06 bits per heavy atom. The Hall–Kier alpha value is -2.41. The summed E-state index contributed by atoms with van der Waals surface area (Å²) in [4.78, 5) is 38.7. The summed E-state index contributed by atoms with van der Waals surface area (Å²) in [7, 11) is 1.58. The Morgan fingerprint density at radius 2 is 1.77 bits per heavy atom. The van der Waals surface area contributed by atoms with E-state index in [1.54, 1.807) is 31.4 Å². The summed E-state index contributed by atoms with van der Waals surface area (Å²) in [5.74, 6) is 1.11. The third kappa shape index (κ3) is 5.45. The van der Waals surface area contributed by atoms with Gasteiger partial charge in [0.15, 0.2) is 5.78 Å². The first kappa shape index (κ1) is 21.8. The Labute approximate surface area is 183 Å². The fraction of sp³-hybridized carbons (Fsp3) is 0.625. The highest BCUT2D eigenvalue weighted by Gasteiger charge is 2.44. The SMILES string of the molecule is COc1ccc(C(=O)CCC(=O)NC[C@H]2CCC3(CCN(C(=O)C4CC4)CC3)O2)cc1. The van der Waals surface area contributed by atoms with Crippen LogP contribution >= 0.6 is 0 Å². The largest absolute Gasteiger partial charge is 0.497 e. The molecule has 1 aliphatic carbocycles. The molecule has 1 saturated carbocycles. The smallest absolute Gasteiger partial charge is 0.225 e. The lowest BCUT2D eigenvalue weighted by molar-refractivity contribution is -0.139. The Bertz CT molecular complexity index is 810. The molecule has 3 fully saturated rings.